The fraction of sp³-hybridized carbons (Fsp3) is 0.393. The number of rotatable bonds is 5. The summed E-state index contributed by atoms with van der Waals surface area (Å²) in [5.41, 5.74) is 8.05. The number of hydrogen-bond acceptors (Lipinski definition) is 5. The van der Waals surface area contributed by atoms with Crippen LogP contribution in [0.4, 0.5) is 5.69 Å². The molecule has 5 rings (SSSR count). The number of hydrazone groups is 1. The standard InChI is InChI=1S/C28H34N4O/c1-23-7-11-27(12-8-23)30-13-15-32(16-14-30)29-22-26-10-9-25(21-24-5-3-2-4-6-24)28(26)31-17-19-33-20-18-31/h2-8,11-12,21-22H,9-10,13-20H2,1H3/b25-21-,29-22+. The van der Waals surface area contributed by atoms with Gasteiger partial charge < -0.3 is 14.5 Å². The van der Waals surface area contributed by atoms with E-state index in [4.69, 9.17) is 9.84 Å². The van der Waals surface area contributed by atoms with E-state index in [9.17, 15) is 0 Å². The van der Waals surface area contributed by atoms with Gasteiger partial charge in [0.2, 0.25) is 0 Å². The first-order valence-electron chi connectivity index (χ1n) is 12.2. The lowest BCUT2D eigenvalue weighted by Gasteiger charge is -2.34. The van der Waals surface area contributed by atoms with Crippen molar-refractivity contribution in [1.29, 1.82) is 0 Å². The minimum absolute atomic E-state index is 0.799. The maximum absolute atomic E-state index is 5.63. The lowest BCUT2D eigenvalue weighted by molar-refractivity contribution is 0.0548. The summed E-state index contributed by atoms with van der Waals surface area (Å²) in [5.74, 6) is 0. The van der Waals surface area contributed by atoms with Crippen molar-refractivity contribution in [2.24, 2.45) is 5.10 Å². The molecule has 0 atom stereocenters. The molecule has 2 aliphatic heterocycles. The maximum Gasteiger partial charge on any atom is 0.0642 e. The van der Waals surface area contributed by atoms with Gasteiger partial charge in [-0.1, -0.05) is 48.0 Å². The Balaban J connectivity index is 1.30. The number of ether oxygens (including phenoxy) is 1. The second-order valence-corrected chi connectivity index (χ2v) is 9.07. The van der Waals surface area contributed by atoms with Crippen LogP contribution in [0.25, 0.3) is 6.08 Å². The Labute approximate surface area is 197 Å². The van der Waals surface area contributed by atoms with Crippen LogP contribution < -0.4 is 4.90 Å². The fourth-order valence-corrected chi connectivity index (χ4v) is 4.90. The number of hydrogen-bond donors (Lipinski definition) is 0. The predicted octanol–water partition coefficient (Wildman–Crippen LogP) is 4.57. The lowest BCUT2D eigenvalue weighted by Crippen LogP contribution is -2.44. The molecule has 2 aromatic carbocycles. The molecule has 0 amide bonds. The van der Waals surface area contributed by atoms with E-state index in [-0.39, 0.29) is 0 Å². The van der Waals surface area contributed by atoms with Gasteiger partial charge in [0.1, 0.15) is 0 Å². The van der Waals surface area contributed by atoms with Crippen molar-refractivity contribution >= 4 is 18.0 Å². The molecule has 0 N–H and O–H groups in total. The van der Waals surface area contributed by atoms with Gasteiger partial charge in [0.05, 0.1) is 32.5 Å². The summed E-state index contributed by atoms with van der Waals surface area (Å²) in [6, 6.07) is 19.5. The van der Waals surface area contributed by atoms with Gasteiger partial charge in [-0.05, 0) is 54.7 Å². The minimum atomic E-state index is 0.799. The van der Waals surface area contributed by atoms with Crippen LogP contribution in [0.3, 0.4) is 0 Å². The van der Waals surface area contributed by atoms with Gasteiger partial charge in [-0.25, -0.2) is 0 Å². The van der Waals surface area contributed by atoms with Crippen LogP contribution in [0.15, 0.2) is 76.5 Å². The lowest BCUT2D eigenvalue weighted by atomic mass is 10.1. The molecule has 1 aliphatic carbocycles. The monoisotopic (exact) mass is 442 g/mol. The molecule has 5 nitrogen and oxygen atoms in total. The van der Waals surface area contributed by atoms with E-state index in [2.05, 4.69) is 88.6 Å². The summed E-state index contributed by atoms with van der Waals surface area (Å²) in [5, 5.41) is 7.16. The molecule has 0 spiro atoms. The maximum atomic E-state index is 5.63. The van der Waals surface area contributed by atoms with Gasteiger partial charge >= 0.3 is 0 Å². The van der Waals surface area contributed by atoms with Crippen LogP contribution in [-0.4, -0.2) is 68.6 Å². The number of anilines is 1. The van der Waals surface area contributed by atoms with Crippen LogP contribution in [0.5, 0.6) is 0 Å². The van der Waals surface area contributed by atoms with E-state index < -0.39 is 0 Å². The van der Waals surface area contributed by atoms with Crippen molar-refractivity contribution in [2.75, 3.05) is 57.4 Å². The molecule has 2 saturated heterocycles. The molecule has 3 aliphatic rings. The Morgan fingerprint density at radius 3 is 2.24 bits per heavy atom. The van der Waals surface area contributed by atoms with Crippen molar-refractivity contribution in [3.8, 4) is 0 Å². The van der Waals surface area contributed by atoms with E-state index in [0.717, 1.165) is 65.3 Å². The summed E-state index contributed by atoms with van der Waals surface area (Å²) >= 11 is 0. The zero-order chi connectivity index (χ0) is 22.5. The number of benzene rings is 2. The third kappa shape index (κ3) is 5.31. The first-order valence-corrected chi connectivity index (χ1v) is 12.2. The van der Waals surface area contributed by atoms with Crippen molar-refractivity contribution in [1.82, 2.24) is 9.91 Å². The van der Waals surface area contributed by atoms with E-state index in [0.29, 0.717) is 0 Å². The Bertz CT molecular complexity index is 1010. The van der Waals surface area contributed by atoms with Crippen molar-refractivity contribution < 1.29 is 4.74 Å². The summed E-state index contributed by atoms with van der Waals surface area (Å²) in [6.45, 7) is 9.57. The molecule has 0 bridgehead atoms. The molecule has 2 aromatic rings. The van der Waals surface area contributed by atoms with Crippen molar-refractivity contribution in [3.05, 3.63) is 82.6 Å². The van der Waals surface area contributed by atoms with E-state index in [1.165, 1.54) is 33.7 Å². The summed E-state index contributed by atoms with van der Waals surface area (Å²) in [7, 11) is 0. The highest BCUT2D eigenvalue weighted by atomic mass is 16.5. The molecular formula is C28H34N4O. The van der Waals surface area contributed by atoms with Gasteiger partial charge in [-0.3, -0.25) is 5.01 Å². The first kappa shape index (κ1) is 21.8. The molecular weight excluding hydrogens is 408 g/mol. The second kappa shape index (κ2) is 10.3. The molecule has 0 radical (unpaired) electrons. The van der Waals surface area contributed by atoms with Crippen molar-refractivity contribution in [3.63, 3.8) is 0 Å². The Hall–Kier alpha value is -3.05. The molecule has 2 fully saturated rings. The Morgan fingerprint density at radius 1 is 0.788 bits per heavy atom. The topological polar surface area (TPSA) is 31.3 Å². The number of piperazine rings is 1. The normalized spacial score (nSPS) is 21.0. The average Bonchev–Trinajstić information content (AvgIpc) is 3.27. The Morgan fingerprint density at radius 2 is 1.52 bits per heavy atom. The largest absolute Gasteiger partial charge is 0.378 e. The molecule has 0 unspecified atom stereocenters. The van der Waals surface area contributed by atoms with Crippen LogP contribution in [0.2, 0.25) is 0 Å². The number of nitrogens with zero attached hydrogens (tertiary/aromatic N) is 4. The zero-order valence-electron chi connectivity index (χ0n) is 19.6. The van der Waals surface area contributed by atoms with E-state index in [1.807, 2.05) is 0 Å². The van der Waals surface area contributed by atoms with Gasteiger partial charge in [-0.2, -0.15) is 5.10 Å². The number of aryl methyl sites for hydroxylation is 1. The molecule has 5 heteroatoms. The van der Waals surface area contributed by atoms with Gasteiger partial charge in [-0.15, -0.1) is 0 Å². The third-order valence-electron chi connectivity index (χ3n) is 6.77. The highest BCUT2D eigenvalue weighted by Crippen LogP contribution is 2.35. The first-order chi connectivity index (χ1) is 16.3. The minimum Gasteiger partial charge on any atom is -0.378 e. The van der Waals surface area contributed by atoms with Crippen molar-refractivity contribution in [2.45, 2.75) is 19.8 Å². The molecule has 33 heavy (non-hydrogen) atoms. The van der Waals surface area contributed by atoms with Gasteiger partial charge in [0, 0.05) is 37.6 Å². The van der Waals surface area contributed by atoms with Crippen LogP contribution in [0.1, 0.15) is 24.0 Å². The average molecular weight is 443 g/mol. The van der Waals surface area contributed by atoms with Gasteiger partial charge in [0.15, 0.2) is 0 Å². The number of morpholine rings is 1. The van der Waals surface area contributed by atoms with Crippen LogP contribution >= 0.6 is 0 Å². The predicted molar refractivity (Wildman–Crippen MR) is 137 cm³/mol. The van der Waals surface area contributed by atoms with Gasteiger partial charge in [0.25, 0.3) is 0 Å². The molecule has 172 valence electrons. The third-order valence-corrected chi connectivity index (χ3v) is 6.77. The quantitative estimate of drug-likeness (QED) is 0.635. The molecule has 0 aromatic heterocycles. The SMILES string of the molecule is Cc1ccc(N2CCN(/N=C/C3=C(N4CCOCC4)C(=C\c4ccccc4)/CC3)CC2)cc1. The second-order valence-electron chi connectivity index (χ2n) is 9.07. The zero-order valence-corrected chi connectivity index (χ0v) is 19.6. The molecule has 0 saturated carbocycles. The summed E-state index contributed by atoms with van der Waals surface area (Å²) in [6.07, 6.45) is 6.62. The van der Waals surface area contributed by atoms with E-state index >= 15 is 0 Å². The highest BCUT2D eigenvalue weighted by Gasteiger charge is 2.26. The fourth-order valence-electron chi connectivity index (χ4n) is 4.90. The van der Waals surface area contributed by atoms with Crippen LogP contribution in [0, 0.1) is 6.92 Å². The Kier molecular flexibility index (Phi) is 6.77. The number of allylic oxidation sites excluding steroid dienone is 2. The highest BCUT2D eigenvalue weighted by molar-refractivity contribution is 5.83. The smallest absolute Gasteiger partial charge is 0.0642 e. The summed E-state index contributed by atoms with van der Waals surface area (Å²) in [4.78, 5) is 4.96. The van der Waals surface area contributed by atoms with E-state index in [1.54, 1.807) is 0 Å². The molecule has 2 heterocycles. The summed E-state index contributed by atoms with van der Waals surface area (Å²) < 4.78 is 5.63. The van der Waals surface area contributed by atoms with Crippen LogP contribution in [-0.2, 0) is 4.74 Å².